The van der Waals surface area contributed by atoms with Crippen molar-refractivity contribution in [3.63, 3.8) is 0 Å². The molecule has 0 bridgehead atoms. The molecule has 0 amide bonds. The maximum atomic E-state index is 12.9. The Balaban J connectivity index is 1.96. The van der Waals surface area contributed by atoms with Crippen molar-refractivity contribution in [1.82, 2.24) is 9.78 Å². The average molecular weight is 374 g/mol. The molecule has 3 aromatic rings. The van der Waals surface area contributed by atoms with Gasteiger partial charge in [0.25, 0.3) is 5.56 Å². The van der Waals surface area contributed by atoms with Crippen molar-refractivity contribution < 1.29 is 0 Å². The van der Waals surface area contributed by atoms with Crippen molar-refractivity contribution in [3.8, 4) is 5.69 Å². The van der Waals surface area contributed by atoms with Gasteiger partial charge in [-0.15, -0.1) is 16.8 Å². The van der Waals surface area contributed by atoms with Gasteiger partial charge in [-0.1, -0.05) is 57.2 Å². The third kappa shape index (κ3) is 4.03. The Morgan fingerprint density at radius 3 is 2.39 bits per heavy atom. The number of H-pyrrole nitrogens is 1. The summed E-state index contributed by atoms with van der Waals surface area (Å²) in [5, 5.41) is 11.8. The molecule has 1 N–H and O–H groups in total. The molecule has 0 saturated heterocycles. The third-order valence-corrected chi connectivity index (χ3v) is 4.58. The van der Waals surface area contributed by atoms with Crippen LogP contribution in [-0.4, -0.2) is 9.78 Å². The topological polar surface area (TPSA) is 62.5 Å². The number of azo groups is 1. The molecule has 3 rings (SSSR count). The average Bonchev–Trinajstić information content (AvgIpc) is 2.94. The van der Waals surface area contributed by atoms with Gasteiger partial charge in [-0.2, -0.15) is 0 Å². The highest BCUT2D eigenvalue weighted by Gasteiger charge is 2.18. The highest BCUT2D eigenvalue weighted by Crippen LogP contribution is 2.32. The summed E-state index contributed by atoms with van der Waals surface area (Å²) in [5.41, 5.74) is 4.49. The van der Waals surface area contributed by atoms with Crippen molar-refractivity contribution in [2.24, 2.45) is 10.2 Å². The molecule has 0 fully saturated rings. The Kier molecular flexibility index (Phi) is 5.45. The molecule has 144 valence electrons. The van der Waals surface area contributed by atoms with Crippen LogP contribution in [-0.2, 0) is 11.8 Å². The van der Waals surface area contributed by atoms with Gasteiger partial charge in [-0.05, 0) is 48.1 Å². The molecule has 0 aliphatic rings. The zero-order chi connectivity index (χ0) is 20.3. The van der Waals surface area contributed by atoms with Crippen LogP contribution in [0.4, 0.5) is 11.4 Å². The van der Waals surface area contributed by atoms with Gasteiger partial charge in [0.2, 0.25) is 0 Å². The van der Waals surface area contributed by atoms with E-state index in [1.165, 1.54) is 4.68 Å². The lowest BCUT2D eigenvalue weighted by Gasteiger charge is -2.20. The molecule has 28 heavy (non-hydrogen) atoms. The van der Waals surface area contributed by atoms with Crippen LogP contribution in [0.2, 0.25) is 0 Å². The molecule has 0 aliphatic heterocycles. The van der Waals surface area contributed by atoms with Crippen LogP contribution in [0.15, 0.2) is 76.2 Å². The second kappa shape index (κ2) is 7.80. The van der Waals surface area contributed by atoms with Gasteiger partial charge in [0.15, 0.2) is 5.69 Å². The van der Waals surface area contributed by atoms with Crippen molar-refractivity contribution in [2.75, 3.05) is 0 Å². The fourth-order valence-corrected chi connectivity index (χ4v) is 3.08. The number of hydrogen-bond donors (Lipinski definition) is 1. The number of nitrogens with one attached hydrogen (secondary N) is 1. The van der Waals surface area contributed by atoms with E-state index >= 15 is 0 Å². The van der Waals surface area contributed by atoms with Gasteiger partial charge < -0.3 is 0 Å². The van der Waals surface area contributed by atoms with Crippen molar-refractivity contribution in [1.29, 1.82) is 0 Å². The Morgan fingerprint density at radius 2 is 1.75 bits per heavy atom. The normalized spacial score (nSPS) is 11.9. The largest absolute Gasteiger partial charge is 0.299 e. The van der Waals surface area contributed by atoms with E-state index in [0.717, 1.165) is 28.9 Å². The number of rotatable bonds is 5. The molecule has 2 aromatic carbocycles. The molecule has 0 aliphatic carbocycles. The van der Waals surface area contributed by atoms with Gasteiger partial charge in [0, 0.05) is 0 Å². The molecule has 0 atom stereocenters. The summed E-state index contributed by atoms with van der Waals surface area (Å²) in [6, 6.07) is 15.7. The monoisotopic (exact) mass is 374 g/mol. The first-order chi connectivity index (χ1) is 13.3. The molecular weight excluding hydrogens is 348 g/mol. The van der Waals surface area contributed by atoms with E-state index < -0.39 is 0 Å². The minimum atomic E-state index is -0.217. The van der Waals surface area contributed by atoms with Gasteiger partial charge >= 0.3 is 0 Å². The standard InChI is InChI=1S/C23H26N4O/c1-6-9-17-12-14-18(15-13-17)27-22(28)21(16(2)26-27)25-24-20-11-8-7-10-19(20)23(3,4)5/h6-8,10-15,26H,1,9H2,2-5H3. The Hall–Kier alpha value is -3.21. The second-order valence-electron chi connectivity index (χ2n) is 7.85. The van der Waals surface area contributed by atoms with Crippen molar-refractivity contribution in [2.45, 2.75) is 39.5 Å². The van der Waals surface area contributed by atoms with E-state index in [4.69, 9.17) is 0 Å². The van der Waals surface area contributed by atoms with Crippen LogP contribution in [0.25, 0.3) is 5.69 Å². The number of nitrogens with zero attached hydrogens (tertiary/aromatic N) is 3. The Morgan fingerprint density at radius 1 is 1.07 bits per heavy atom. The first-order valence-corrected chi connectivity index (χ1v) is 9.34. The highest BCUT2D eigenvalue weighted by molar-refractivity contribution is 5.50. The van der Waals surface area contributed by atoms with Crippen LogP contribution in [0, 0.1) is 6.92 Å². The number of allylic oxidation sites excluding steroid dienone is 1. The van der Waals surface area contributed by atoms with Crippen LogP contribution in [0.1, 0.15) is 37.6 Å². The zero-order valence-electron chi connectivity index (χ0n) is 16.9. The van der Waals surface area contributed by atoms with Crippen LogP contribution >= 0.6 is 0 Å². The fraction of sp³-hybridized carbons (Fsp3) is 0.261. The lowest BCUT2D eigenvalue weighted by molar-refractivity contribution is 0.591. The predicted octanol–water partition coefficient (Wildman–Crippen LogP) is 5.92. The first kappa shape index (κ1) is 19.5. The third-order valence-electron chi connectivity index (χ3n) is 4.58. The zero-order valence-corrected chi connectivity index (χ0v) is 16.9. The van der Waals surface area contributed by atoms with Gasteiger partial charge in [-0.3, -0.25) is 9.89 Å². The summed E-state index contributed by atoms with van der Waals surface area (Å²) < 4.78 is 1.50. The maximum Gasteiger partial charge on any atom is 0.299 e. The molecule has 5 heteroatoms. The fourth-order valence-electron chi connectivity index (χ4n) is 3.08. The number of aromatic nitrogens is 2. The summed E-state index contributed by atoms with van der Waals surface area (Å²) in [6.07, 6.45) is 2.65. The minimum absolute atomic E-state index is 0.0593. The number of benzene rings is 2. The van der Waals surface area contributed by atoms with E-state index in [0.29, 0.717) is 11.4 Å². The van der Waals surface area contributed by atoms with E-state index in [-0.39, 0.29) is 11.0 Å². The maximum absolute atomic E-state index is 12.9. The quantitative estimate of drug-likeness (QED) is 0.437. The molecule has 0 radical (unpaired) electrons. The Labute approximate surface area is 165 Å². The summed E-state index contributed by atoms with van der Waals surface area (Å²) in [5.74, 6) is 0. The van der Waals surface area contributed by atoms with Gasteiger partial charge in [0.1, 0.15) is 0 Å². The summed E-state index contributed by atoms with van der Waals surface area (Å²) >= 11 is 0. The molecule has 5 nitrogen and oxygen atoms in total. The van der Waals surface area contributed by atoms with E-state index in [9.17, 15) is 4.79 Å². The molecular formula is C23H26N4O. The minimum Gasteiger partial charge on any atom is -0.293 e. The van der Waals surface area contributed by atoms with Gasteiger partial charge in [0.05, 0.1) is 17.1 Å². The van der Waals surface area contributed by atoms with Crippen LogP contribution in [0.3, 0.4) is 0 Å². The van der Waals surface area contributed by atoms with E-state index in [1.807, 2.05) is 61.5 Å². The smallest absolute Gasteiger partial charge is 0.293 e. The van der Waals surface area contributed by atoms with Crippen LogP contribution in [0.5, 0.6) is 0 Å². The highest BCUT2D eigenvalue weighted by atomic mass is 16.1. The number of aromatic amines is 1. The van der Waals surface area contributed by atoms with Gasteiger partial charge in [-0.25, -0.2) is 4.68 Å². The number of hydrogen-bond acceptors (Lipinski definition) is 3. The molecule has 0 saturated carbocycles. The molecule has 0 spiro atoms. The first-order valence-electron chi connectivity index (χ1n) is 9.34. The second-order valence-corrected chi connectivity index (χ2v) is 7.85. The lowest BCUT2D eigenvalue weighted by atomic mass is 9.86. The SMILES string of the molecule is C=CCc1ccc(-n2[nH]c(C)c(N=Nc3ccccc3C(C)(C)C)c2=O)cc1. The molecule has 1 aromatic heterocycles. The van der Waals surface area contributed by atoms with E-state index in [1.54, 1.807) is 0 Å². The molecule has 1 heterocycles. The van der Waals surface area contributed by atoms with Crippen molar-refractivity contribution in [3.05, 3.63) is 88.4 Å². The summed E-state index contributed by atoms with van der Waals surface area (Å²) in [6.45, 7) is 12.0. The van der Waals surface area contributed by atoms with Crippen LogP contribution < -0.4 is 5.56 Å². The lowest BCUT2D eigenvalue weighted by Crippen LogP contribution is -2.14. The molecule has 0 unspecified atom stereocenters. The predicted molar refractivity (Wildman–Crippen MR) is 114 cm³/mol. The number of aryl methyl sites for hydroxylation is 1. The van der Waals surface area contributed by atoms with Crippen molar-refractivity contribution >= 4 is 11.4 Å². The Bertz CT molecular complexity index is 1060. The van der Waals surface area contributed by atoms with E-state index in [2.05, 4.69) is 42.7 Å². The summed E-state index contributed by atoms with van der Waals surface area (Å²) in [7, 11) is 0. The summed E-state index contributed by atoms with van der Waals surface area (Å²) in [4.78, 5) is 12.9.